The van der Waals surface area contributed by atoms with Crippen molar-refractivity contribution in [1.82, 2.24) is 10.6 Å². The standard InChI is InChI=1S/C21H27ClN4O2.HI/c1-3-23-21(24-12-11-17-7-9-18(22)10-8-17)25-13-14-28-20-6-4-5-19(15-20)26-16(2)27;/h4-10,15H,3,11-14H2,1-2H3,(H,26,27)(H2,23,24,25);1H. The second kappa shape index (κ2) is 14.1. The van der Waals surface area contributed by atoms with E-state index in [9.17, 15) is 4.79 Å². The average Bonchev–Trinajstić information content (AvgIpc) is 2.66. The summed E-state index contributed by atoms with van der Waals surface area (Å²) in [7, 11) is 0. The molecule has 0 aromatic heterocycles. The van der Waals surface area contributed by atoms with Crippen molar-refractivity contribution in [1.29, 1.82) is 0 Å². The van der Waals surface area contributed by atoms with E-state index in [-0.39, 0.29) is 29.9 Å². The Labute approximate surface area is 194 Å². The van der Waals surface area contributed by atoms with Gasteiger partial charge in [-0.15, -0.1) is 24.0 Å². The first-order valence-corrected chi connectivity index (χ1v) is 9.71. The van der Waals surface area contributed by atoms with Crippen molar-refractivity contribution in [3.8, 4) is 5.75 Å². The average molecular weight is 531 g/mol. The van der Waals surface area contributed by atoms with Crippen LogP contribution in [0, 0.1) is 0 Å². The van der Waals surface area contributed by atoms with Gasteiger partial charge in [-0.25, -0.2) is 0 Å². The Hall–Kier alpha value is -2.00. The van der Waals surface area contributed by atoms with E-state index in [1.165, 1.54) is 12.5 Å². The lowest BCUT2D eigenvalue weighted by molar-refractivity contribution is -0.114. The highest BCUT2D eigenvalue weighted by atomic mass is 127. The number of halogens is 2. The van der Waals surface area contributed by atoms with Gasteiger partial charge < -0.3 is 20.7 Å². The van der Waals surface area contributed by atoms with E-state index >= 15 is 0 Å². The number of nitrogens with zero attached hydrogens (tertiary/aromatic N) is 1. The Bertz CT molecular complexity index is 785. The molecule has 0 unspecified atom stereocenters. The molecule has 0 spiro atoms. The first kappa shape index (κ1) is 25.0. The zero-order chi connectivity index (χ0) is 20.2. The maximum Gasteiger partial charge on any atom is 0.221 e. The van der Waals surface area contributed by atoms with E-state index in [4.69, 9.17) is 16.3 Å². The minimum absolute atomic E-state index is 0. The van der Waals surface area contributed by atoms with Crippen LogP contribution in [0.25, 0.3) is 0 Å². The van der Waals surface area contributed by atoms with Crippen LogP contribution < -0.4 is 20.7 Å². The third-order valence-electron chi connectivity index (χ3n) is 3.75. The molecule has 2 aromatic carbocycles. The highest BCUT2D eigenvalue weighted by Crippen LogP contribution is 2.17. The number of guanidine groups is 1. The molecule has 158 valence electrons. The van der Waals surface area contributed by atoms with Gasteiger partial charge in [-0.3, -0.25) is 9.79 Å². The lowest BCUT2D eigenvalue weighted by atomic mass is 10.1. The summed E-state index contributed by atoms with van der Waals surface area (Å²) < 4.78 is 5.73. The molecule has 1 amide bonds. The van der Waals surface area contributed by atoms with Gasteiger partial charge in [0, 0.05) is 36.8 Å². The Morgan fingerprint density at radius 1 is 1.14 bits per heavy atom. The van der Waals surface area contributed by atoms with E-state index in [1.54, 1.807) is 6.07 Å². The van der Waals surface area contributed by atoms with Gasteiger partial charge in [-0.05, 0) is 43.2 Å². The van der Waals surface area contributed by atoms with Crippen LogP contribution in [0.5, 0.6) is 5.75 Å². The summed E-state index contributed by atoms with van der Waals surface area (Å²) in [5, 5.41) is 9.96. The van der Waals surface area contributed by atoms with Crippen molar-refractivity contribution in [3.05, 3.63) is 59.1 Å². The Kier molecular flexibility index (Phi) is 12.1. The molecule has 0 aliphatic carbocycles. The number of carbonyl (C=O) groups excluding carboxylic acids is 1. The highest BCUT2D eigenvalue weighted by molar-refractivity contribution is 14.0. The normalized spacial score (nSPS) is 10.7. The number of anilines is 1. The van der Waals surface area contributed by atoms with Crippen LogP contribution in [0.2, 0.25) is 5.02 Å². The number of rotatable bonds is 9. The summed E-state index contributed by atoms with van der Waals surface area (Å²) in [6, 6.07) is 15.1. The van der Waals surface area contributed by atoms with Crippen LogP contribution in [-0.4, -0.2) is 38.1 Å². The molecule has 0 saturated carbocycles. The highest BCUT2D eigenvalue weighted by Gasteiger charge is 2.01. The van der Waals surface area contributed by atoms with Gasteiger partial charge in [-0.2, -0.15) is 0 Å². The summed E-state index contributed by atoms with van der Waals surface area (Å²) in [5.41, 5.74) is 1.92. The lowest BCUT2D eigenvalue weighted by Gasteiger charge is -2.12. The number of amides is 1. The third kappa shape index (κ3) is 10.4. The summed E-state index contributed by atoms with van der Waals surface area (Å²) in [5.74, 6) is 1.36. The SMILES string of the molecule is CCNC(=NCCc1ccc(Cl)cc1)NCCOc1cccc(NC(C)=O)c1.I. The summed E-state index contributed by atoms with van der Waals surface area (Å²) in [6.07, 6.45) is 0.847. The van der Waals surface area contributed by atoms with Gasteiger partial charge in [0.25, 0.3) is 0 Å². The second-order valence-electron chi connectivity index (χ2n) is 6.12. The quantitative estimate of drug-likeness (QED) is 0.198. The number of aliphatic imine (C=N–C) groups is 1. The molecule has 0 atom stereocenters. The molecule has 0 saturated heterocycles. The van der Waals surface area contributed by atoms with Gasteiger partial charge in [0.1, 0.15) is 12.4 Å². The minimum atomic E-state index is -0.107. The van der Waals surface area contributed by atoms with Crippen molar-refractivity contribution in [3.63, 3.8) is 0 Å². The monoisotopic (exact) mass is 530 g/mol. The van der Waals surface area contributed by atoms with Crippen molar-refractivity contribution >= 4 is 53.1 Å². The van der Waals surface area contributed by atoms with E-state index in [0.717, 1.165) is 29.6 Å². The van der Waals surface area contributed by atoms with E-state index < -0.39 is 0 Å². The predicted molar refractivity (Wildman–Crippen MR) is 131 cm³/mol. The van der Waals surface area contributed by atoms with Crippen LogP contribution in [0.1, 0.15) is 19.4 Å². The molecule has 3 N–H and O–H groups in total. The van der Waals surface area contributed by atoms with Crippen molar-refractivity contribution in [2.45, 2.75) is 20.3 Å². The van der Waals surface area contributed by atoms with Gasteiger partial charge in [0.15, 0.2) is 5.96 Å². The molecule has 0 bridgehead atoms. The fraction of sp³-hybridized carbons (Fsp3) is 0.333. The summed E-state index contributed by atoms with van der Waals surface area (Å²) in [6.45, 7) is 6.05. The van der Waals surface area contributed by atoms with E-state index in [1.807, 2.05) is 49.4 Å². The molecule has 0 radical (unpaired) electrons. The largest absolute Gasteiger partial charge is 0.492 e. The topological polar surface area (TPSA) is 74.8 Å². The fourth-order valence-corrected chi connectivity index (χ4v) is 2.62. The molecule has 0 heterocycles. The van der Waals surface area contributed by atoms with Crippen LogP contribution in [-0.2, 0) is 11.2 Å². The molecular formula is C21H28ClIN4O2. The zero-order valence-corrected chi connectivity index (χ0v) is 19.8. The Morgan fingerprint density at radius 3 is 2.59 bits per heavy atom. The van der Waals surface area contributed by atoms with Crippen LogP contribution in [0.15, 0.2) is 53.5 Å². The number of ether oxygens (including phenoxy) is 1. The van der Waals surface area contributed by atoms with Crippen LogP contribution >= 0.6 is 35.6 Å². The van der Waals surface area contributed by atoms with Crippen LogP contribution in [0.4, 0.5) is 5.69 Å². The van der Waals surface area contributed by atoms with Gasteiger partial charge >= 0.3 is 0 Å². The molecule has 2 aromatic rings. The molecule has 0 fully saturated rings. The fourth-order valence-electron chi connectivity index (χ4n) is 2.49. The van der Waals surface area contributed by atoms with E-state index in [2.05, 4.69) is 20.9 Å². The van der Waals surface area contributed by atoms with Crippen LogP contribution in [0.3, 0.4) is 0 Å². The first-order chi connectivity index (χ1) is 13.6. The summed E-state index contributed by atoms with van der Waals surface area (Å²) in [4.78, 5) is 15.7. The van der Waals surface area contributed by atoms with E-state index in [0.29, 0.717) is 25.4 Å². The lowest BCUT2D eigenvalue weighted by Crippen LogP contribution is -2.39. The number of hydrogen-bond acceptors (Lipinski definition) is 3. The Balaban J connectivity index is 0.00000420. The molecule has 29 heavy (non-hydrogen) atoms. The molecule has 0 aliphatic heterocycles. The van der Waals surface area contributed by atoms with Crippen molar-refractivity contribution in [2.24, 2.45) is 4.99 Å². The van der Waals surface area contributed by atoms with Crippen molar-refractivity contribution in [2.75, 3.05) is 31.6 Å². The Morgan fingerprint density at radius 2 is 1.90 bits per heavy atom. The smallest absolute Gasteiger partial charge is 0.221 e. The van der Waals surface area contributed by atoms with Gasteiger partial charge in [0.2, 0.25) is 5.91 Å². The summed E-state index contributed by atoms with van der Waals surface area (Å²) >= 11 is 5.91. The predicted octanol–water partition coefficient (Wildman–Crippen LogP) is 4.09. The van der Waals surface area contributed by atoms with Gasteiger partial charge in [0.05, 0.1) is 6.54 Å². The molecule has 2 rings (SSSR count). The van der Waals surface area contributed by atoms with Gasteiger partial charge in [-0.1, -0.05) is 29.8 Å². The maximum absolute atomic E-state index is 11.1. The zero-order valence-electron chi connectivity index (χ0n) is 16.7. The minimum Gasteiger partial charge on any atom is -0.492 e. The maximum atomic E-state index is 11.1. The molecule has 6 nitrogen and oxygen atoms in total. The number of nitrogens with one attached hydrogen (secondary N) is 3. The molecular weight excluding hydrogens is 503 g/mol. The number of benzene rings is 2. The third-order valence-corrected chi connectivity index (χ3v) is 4.00. The molecule has 8 heteroatoms. The number of hydrogen-bond donors (Lipinski definition) is 3. The second-order valence-corrected chi connectivity index (χ2v) is 6.56. The first-order valence-electron chi connectivity index (χ1n) is 9.34. The number of carbonyl (C=O) groups is 1. The van der Waals surface area contributed by atoms with Crippen molar-refractivity contribution < 1.29 is 9.53 Å². The molecule has 0 aliphatic rings.